The van der Waals surface area contributed by atoms with E-state index in [1.807, 2.05) is 0 Å². The van der Waals surface area contributed by atoms with Crippen LogP contribution in [0, 0.1) is 29.1 Å². The van der Waals surface area contributed by atoms with Crippen LogP contribution in [-0.2, 0) is 4.79 Å². The topological polar surface area (TPSA) is 37.3 Å². The van der Waals surface area contributed by atoms with Crippen molar-refractivity contribution in [3.63, 3.8) is 0 Å². The Morgan fingerprint density at radius 3 is 2.93 bits per heavy atom. The fraction of sp³-hybridized carbons (Fsp3) is 0.917. The average Bonchev–Trinajstić information content (AvgIpc) is 2.73. The molecule has 3 aliphatic carbocycles. The summed E-state index contributed by atoms with van der Waals surface area (Å²) in [4.78, 5) is 11.0. The van der Waals surface area contributed by atoms with Crippen LogP contribution in [0.15, 0.2) is 0 Å². The second-order valence-electron chi connectivity index (χ2n) is 5.46. The third-order valence-corrected chi connectivity index (χ3v) is 5.31. The molecule has 0 aromatic carbocycles. The molecular formula is C12H18O2. The first kappa shape index (κ1) is 8.90. The number of fused-ring (bicyclic) bond motifs is 4. The summed E-state index contributed by atoms with van der Waals surface area (Å²) in [5.41, 5.74) is 0.173. The SMILES string of the molecule is O=C[C@H]1CC[C@]2(CO)[C@H]1[C@H]1CCC[C@H]12. The van der Waals surface area contributed by atoms with Gasteiger partial charge in [-0.25, -0.2) is 0 Å². The van der Waals surface area contributed by atoms with Crippen molar-refractivity contribution < 1.29 is 9.90 Å². The highest BCUT2D eigenvalue weighted by atomic mass is 16.3. The second-order valence-corrected chi connectivity index (χ2v) is 5.46. The third-order valence-electron chi connectivity index (χ3n) is 5.31. The van der Waals surface area contributed by atoms with Gasteiger partial charge in [0.15, 0.2) is 0 Å². The highest BCUT2D eigenvalue weighted by Crippen LogP contribution is 2.70. The van der Waals surface area contributed by atoms with Crippen molar-refractivity contribution >= 4 is 6.29 Å². The van der Waals surface area contributed by atoms with Gasteiger partial charge in [0.25, 0.3) is 0 Å². The van der Waals surface area contributed by atoms with Crippen LogP contribution in [-0.4, -0.2) is 18.0 Å². The van der Waals surface area contributed by atoms with Gasteiger partial charge in [-0.2, -0.15) is 0 Å². The van der Waals surface area contributed by atoms with E-state index in [1.54, 1.807) is 0 Å². The first-order valence-electron chi connectivity index (χ1n) is 5.89. The van der Waals surface area contributed by atoms with E-state index in [-0.39, 0.29) is 11.3 Å². The molecule has 3 fully saturated rings. The molecule has 0 radical (unpaired) electrons. The lowest BCUT2D eigenvalue weighted by Crippen LogP contribution is -2.55. The molecular weight excluding hydrogens is 176 g/mol. The molecule has 78 valence electrons. The van der Waals surface area contributed by atoms with Gasteiger partial charge in [-0.05, 0) is 43.4 Å². The van der Waals surface area contributed by atoms with Gasteiger partial charge < -0.3 is 9.90 Å². The Hall–Kier alpha value is -0.370. The van der Waals surface area contributed by atoms with Crippen LogP contribution in [0.25, 0.3) is 0 Å². The Morgan fingerprint density at radius 2 is 2.21 bits per heavy atom. The number of carbonyl (C=O) groups is 1. The van der Waals surface area contributed by atoms with Crippen molar-refractivity contribution in [1.82, 2.24) is 0 Å². The Balaban J connectivity index is 1.91. The summed E-state index contributed by atoms with van der Waals surface area (Å²) in [5.74, 6) is 2.33. The molecule has 3 saturated carbocycles. The van der Waals surface area contributed by atoms with Crippen LogP contribution >= 0.6 is 0 Å². The number of carbonyl (C=O) groups excluding carboxylic acids is 1. The zero-order valence-electron chi connectivity index (χ0n) is 8.48. The van der Waals surface area contributed by atoms with Crippen LogP contribution < -0.4 is 0 Å². The minimum atomic E-state index is 0.173. The summed E-state index contributed by atoms with van der Waals surface area (Å²) in [7, 11) is 0. The lowest BCUT2D eigenvalue weighted by atomic mass is 9.48. The van der Waals surface area contributed by atoms with Gasteiger partial charge in [0.2, 0.25) is 0 Å². The van der Waals surface area contributed by atoms with E-state index in [2.05, 4.69) is 0 Å². The number of aliphatic hydroxyl groups excluding tert-OH is 1. The number of aldehydes is 1. The Bertz CT molecular complexity index is 263. The average molecular weight is 194 g/mol. The second kappa shape index (κ2) is 2.82. The molecule has 0 aromatic rings. The standard InChI is InChI=1S/C12H18O2/c13-6-8-4-5-12(7-14)10-3-1-2-9(10)11(8)12/h6,8-11,14H,1-5,7H2/t8-,9+,10-,11-,12-/m1/s1. The molecule has 3 aliphatic rings. The third kappa shape index (κ3) is 0.796. The molecule has 14 heavy (non-hydrogen) atoms. The Labute approximate surface area is 84.7 Å². The van der Waals surface area contributed by atoms with E-state index < -0.39 is 0 Å². The molecule has 0 bridgehead atoms. The molecule has 2 heteroatoms. The van der Waals surface area contributed by atoms with Gasteiger partial charge in [-0.1, -0.05) is 6.42 Å². The summed E-state index contributed by atoms with van der Waals surface area (Å²) < 4.78 is 0. The molecule has 0 aromatic heterocycles. The molecule has 0 spiro atoms. The monoisotopic (exact) mass is 194 g/mol. The minimum absolute atomic E-state index is 0.173. The maximum atomic E-state index is 11.0. The summed E-state index contributed by atoms with van der Waals surface area (Å²) in [6, 6.07) is 0. The van der Waals surface area contributed by atoms with Crippen molar-refractivity contribution in [3.05, 3.63) is 0 Å². The molecule has 0 saturated heterocycles. The van der Waals surface area contributed by atoms with E-state index in [0.29, 0.717) is 12.5 Å². The molecule has 3 rings (SSSR count). The number of aliphatic hydroxyl groups is 1. The van der Waals surface area contributed by atoms with E-state index in [9.17, 15) is 9.90 Å². The Kier molecular flexibility index (Phi) is 1.79. The van der Waals surface area contributed by atoms with Gasteiger partial charge in [0.1, 0.15) is 6.29 Å². The zero-order valence-corrected chi connectivity index (χ0v) is 8.48. The molecule has 0 aliphatic heterocycles. The smallest absolute Gasteiger partial charge is 0.123 e. The molecule has 5 atom stereocenters. The first-order chi connectivity index (χ1) is 6.83. The van der Waals surface area contributed by atoms with Crippen LogP contribution in [0.3, 0.4) is 0 Å². The van der Waals surface area contributed by atoms with Gasteiger partial charge >= 0.3 is 0 Å². The van der Waals surface area contributed by atoms with E-state index >= 15 is 0 Å². The molecule has 1 N–H and O–H groups in total. The van der Waals surface area contributed by atoms with E-state index in [4.69, 9.17) is 0 Å². The van der Waals surface area contributed by atoms with Crippen LogP contribution in [0.4, 0.5) is 0 Å². The van der Waals surface area contributed by atoms with Gasteiger partial charge in [0.05, 0.1) is 0 Å². The van der Waals surface area contributed by atoms with Crippen molar-refractivity contribution in [2.45, 2.75) is 32.1 Å². The largest absolute Gasteiger partial charge is 0.396 e. The molecule has 0 heterocycles. The fourth-order valence-corrected chi connectivity index (χ4v) is 4.85. The predicted octanol–water partition coefficient (Wildman–Crippen LogP) is 1.62. The lowest BCUT2D eigenvalue weighted by molar-refractivity contribution is -0.138. The summed E-state index contributed by atoms with van der Waals surface area (Å²) >= 11 is 0. The highest BCUT2D eigenvalue weighted by molar-refractivity contribution is 5.56. The first-order valence-corrected chi connectivity index (χ1v) is 5.89. The number of hydrogen-bond acceptors (Lipinski definition) is 2. The number of rotatable bonds is 2. The molecule has 0 amide bonds. The normalized spacial score (nSPS) is 54.9. The Morgan fingerprint density at radius 1 is 1.36 bits per heavy atom. The fourth-order valence-electron chi connectivity index (χ4n) is 4.85. The van der Waals surface area contributed by atoms with Crippen LogP contribution in [0.1, 0.15) is 32.1 Å². The maximum Gasteiger partial charge on any atom is 0.123 e. The minimum Gasteiger partial charge on any atom is -0.396 e. The maximum absolute atomic E-state index is 11.0. The zero-order chi connectivity index (χ0) is 9.76. The van der Waals surface area contributed by atoms with Crippen molar-refractivity contribution in [2.24, 2.45) is 29.1 Å². The van der Waals surface area contributed by atoms with Crippen LogP contribution in [0.5, 0.6) is 0 Å². The van der Waals surface area contributed by atoms with Gasteiger partial charge in [-0.15, -0.1) is 0 Å². The van der Waals surface area contributed by atoms with E-state index in [1.165, 1.54) is 19.3 Å². The summed E-state index contributed by atoms with van der Waals surface area (Å²) in [5, 5.41) is 9.59. The quantitative estimate of drug-likeness (QED) is 0.678. The molecule has 0 unspecified atom stereocenters. The lowest BCUT2D eigenvalue weighted by Gasteiger charge is -2.56. The van der Waals surface area contributed by atoms with Crippen LogP contribution in [0.2, 0.25) is 0 Å². The van der Waals surface area contributed by atoms with Crippen molar-refractivity contribution in [3.8, 4) is 0 Å². The summed E-state index contributed by atoms with van der Waals surface area (Å²) in [6.07, 6.45) is 7.20. The van der Waals surface area contributed by atoms with Crippen molar-refractivity contribution in [2.75, 3.05) is 6.61 Å². The highest BCUT2D eigenvalue weighted by Gasteiger charge is 2.66. The molecule has 2 nitrogen and oxygen atoms in total. The number of hydrogen-bond donors (Lipinski definition) is 1. The van der Waals surface area contributed by atoms with Crippen molar-refractivity contribution in [1.29, 1.82) is 0 Å². The summed E-state index contributed by atoms with van der Waals surface area (Å²) in [6.45, 7) is 0.323. The van der Waals surface area contributed by atoms with Gasteiger partial charge in [0, 0.05) is 17.9 Å². The predicted molar refractivity (Wildman–Crippen MR) is 52.6 cm³/mol. The van der Waals surface area contributed by atoms with Gasteiger partial charge in [-0.3, -0.25) is 0 Å². The van der Waals surface area contributed by atoms with E-state index in [0.717, 1.165) is 31.0 Å².